The highest BCUT2D eigenvalue weighted by atomic mass is 35.5. The van der Waals surface area contributed by atoms with Crippen molar-refractivity contribution in [3.8, 4) is 21.8 Å². The number of rotatable bonds is 5. The summed E-state index contributed by atoms with van der Waals surface area (Å²) in [4.78, 5) is 40.8. The summed E-state index contributed by atoms with van der Waals surface area (Å²) in [6.07, 6.45) is 3.55. The number of amides is 2. The summed E-state index contributed by atoms with van der Waals surface area (Å²) in [5.74, 6) is -0.187. The predicted molar refractivity (Wildman–Crippen MR) is 143 cm³/mol. The summed E-state index contributed by atoms with van der Waals surface area (Å²) < 4.78 is 0. The zero-order valence-corrected chi connectivity index (χ0v) is 21.8. The van der Waals surface area contributed by atoms with Crippen LogP contribution in [0.2, 0.25) is 5.02 Å². The molecule has 36 heavy (non-hydrogen) atoms. The Morgan fingerprint density at radius 1 is 1.06 bits per heavy atom. The molecule has 0 atom stereocenters. The fourth-order valence-corrected chi connectivity index (χ4v) is 5.94. The number of piperidine rings is 1. The summed E-state index contributed by atoms with van der Waals surface area (Å²) in [7, 11) is 2.11. The zero-order valence-electron chi connectivity index (χ0n) is 20.2. The molecule has 2 amide bonds. The number of anilines is 1. The average molecular weight is 525 g/mol. The van der Waals surface area contributed by atoms with Crippen LogP contribution >= 0.6 is 22.9 Å². The van der Waals surface area contributed by atoms with E-state index < -0.39 is 5.91 Å². The summed E-state index contributed by atoms with van der Waals surface area (Å²) in [6.45, 7) is 4.71. The summed E-state index contributed by atoms with van der Waals surface area (Å²) in [5.41, 5.74) is 8.90. The number of likely N-dealkylation sites (tertiary alicyclic amines) is 1. The molecule has 0 spiro atoms. The largest absolute Gasteiger partial charge is 0.367 e. The van der Waals surface area contributed by atoms with Crippen LogP contribution in [-0.2, 0) is 4.79 Å². The van der Waals surface area contributed by atoms with Crippen molar-refractivity contribution < 1.29 is 9.59 Å². The van der Waals surface area contributed by atoms with Crippen molar-refractivity contribution >= 4 is 40.4 Å². The van der Waals surface area contributed by atoms with Crippen molar-refractivity contribution in [1.29, 1.82) is 0 Å². The van der Waals surface area contributed by atoms with Gasteiger partial charge in [-0.05, 0) is 45.1 Å². The van der Waals surface area contributed by atoms with Crippen LogP contribution in [0.5, 0.6) is 0 Å². The van der Waals surface area contributed by atoms with Gasteiger partial charge in [0.05, 0.1) is 17.6 Å². The van der Waals surface area contributed by atoms with Gasteiger partial charge < -0.3 is 20.4 Å². The lowest BCUT2D eigenvalue weighted by Gasteiger charge is -2.39. The number of hydrogen-bond donors (Lipinski definition) is 1. The Bertz CT molecular complexity index is 1260. The lowest BCUT2D eigenvalue weighted by Crippen LogP contribution is -2.51. The van der Waals surface area contributed by atoms with Gasteiger partial charge in [0.2, 0.25) is 5.91 Å². The number of thiazole rings is 1. The van der Waals surface area contributed by atoms with Gasteiger partial charge in [0.15, 0.2) is 0 Å². The van der Waals surface area contributed by atoms with E-state index in [2.05, 4.69) is 21.8 Å². The van der Waals surface area contributed by atoms with Crippen LogP contribution in [-0.4, -0.2) is 77.9 Å². The smallest absolute Gasteiger partial charge is 0.268 e. The van der Waals surface area contributed by atoms with Crippen molar-refractivity contribution in [2.75, 3.05) is 51.2 Å². The van der Waals surface area contributed by atoms with Gasteiger partial charge in [-0.3, -0.25) is 9.59 Å². The molecule has 10 heteroatoms. The Hall–Kier alpha value is -3.01. The summed E-state index contributed by atoms with van der Waals surface area (Å²) >= 11 is 7.77. The van der Waals surface area contributed by atoms with Gasteiger partial charge in [-0.1, -0.05) is 29.8 Å². The molecule has 1 aromatic carbocycles. The maximum absolute atomic E-state index is 13.0. The van der Waals surface area contributed by atoms with Gasteiger partial charge in [0, 0.05) is 53.6 Å². The molecule has 3 aromatic rings. The Labute approximate surface area is 219 Å². The highest BCUT2D eigenvalue weighted by molar-refractivity contribution is 7.13. The van der Waals surface area contributed by atoms with Crippen LogP contribution in [0.25, 0.3) is 21.8 Å². The van der Waals surface area contributed by atoms with E-state index >= 15 is 0 Å². The number of pyridine rings is 1. The van der Waals surface area contributed by atoms with Crippen LogP contribution in [0.1, 0.15) is 23.3 Å². The first-order chi connectivity index (χ1) is 17.4. The normalized spacial score (nSPS) is 17.4. The third-order valence-electron chi connectivity index (χ3n) is 7.02. The zero-order chi connectivity index (χ0) is 25.2. The Morgan fingerprint density at radius 2 is 1.78 bits per heavy atom. The monoisotopic (exact) mass is 524 g/mol. The van der Waals surface area contributed by atoms with Crippen LogP contribution in [0.4, 0.5) is 5.69 Å². The van der Waals surface area contributed by atoms with E-state index in [0.29, 0.717) is 41.8 Å². The van der Waals surface area contributed by atoms with Gasteiger partial charge in [0.25, 0.3) is 5.91 Å². The number of halogens is 1. The molecule has 2 saturated heterocycles. The minimum Gasteiger partial charge on any atom is -0.367 e. The lowest BCUT2D eigenvalue weighted by atomic mass is 9.95. The molecule has 2 fully saturated rings. The molecule has 2 aromatic heterocycles. The highest BCUT2D eigenvalue weighted by Crippen LogP contribution is 2.35. The first kappa shape index (κ1) is 24.7. The van der Waals surface area contributed by atoms with Gasteiger partial charge in [-0.25, -0.2) is 9.97 Å². The van der Waals surface area contributed by atoms with Crippen molar-refractivity contribution in [3.05, 3.63) is 52.6 Å². The molecule has 8 nitrogen and oxygen atoms in total. The molecule has 2 aliphatic heterocycles. The van der Waals surface area contributed by atoms with Crippen LogP contribution < -0.4 is 10.6 Å². The van der Waals surface area contributed by atoms with Gasteiger partial charge in [-0.2, -0.15) is 0 Å². The minimum atomic E-state index is -0.598. The number of nitrogens with zero attached hydrogens (tertiary/aromatic N) is 5. The second-order valence-electron chi connectivity index (χ2n) is 9.36. The van der Waals surface area contributed by atoms with E-state index in [1.54, 1.807) is 6.20 Å². The fraction of sp³-hybridized carbons (Fsp3) is 0.385. The number of benzene rings is 1. The standard InChI is InChI=1S/C26H29ClN6O2S/c1-31-8-6-17(7-9-31)26(35)33-12-10-32(11-13-33)18-14-20(23(24(28)34)29-15-18)25-30-22(16-36-25)19-4-2-3-5-21(19)27/h2-5,14-17H,6-13H2,1H3,(H2,28,34). The van der Waals surface area contributed by atoms with Crippen LogP contribution in [0, 0.1) is 5.92 Å². The molecular formula is C26H29ClN6O2S. The minimum absolute atomic E-state index is 0.132. The third-order valence-corrected chi connectivity index (χ3v) is 8.22. The molecule has 4 heterocycles. The molecule has 0 bridgehead atoms. The lowest BCUT2D eigenvalue weighted by molar-refractivity contribution is -0.137. The van der Waals surface area contributed by atoms with E-state index in [-0.39, 0.29) is 17.5 Å². The number of carbonyl (C=O) groups excluding carboxylic acids is 2. The average Bonchev–Trinajstić information content (AvgIpc) is 3.39. The quantitative estimate of drug-likeness (QED) is 0.547. The van der Waals surface area contributed by atoms with E-state index in [0.717, 1.165) is 42.9 Å². The van der Waals surface area contributed by atoms with Crippen molar-refractivity contribution in [2.24, 2.45) is 11.7 Å². The Morgan fingerprint density at radius 3 is 2.47 bits per heavy atom. The van der Waals surface area contributed by atoms with Crippen LogP contribution in [0.3, 0.4) is 0 Å². The molecule has 5 rings (SSSR count). The van der Waals surface area contributed by atoms with E-state index in [4.69, 9.17) is 22.3 Å². The van der Waals surface area contributed by atoms with Gasteiger partial charge in [-0.15, -0.1) is 11.3 Å². The fourth-order valence-electron chi connectivity index (χ4n) is 4.87. The number of carbonyl (C=O) groups is 2. The molecule has 0 aliphatic carbocycles. The number of hydrogen-bond acceptors (Lipinski definition) is 7. The maximum atomic E-state index is 13.0. The van der Waals surface area contributed by atoms with E-state index in [1.807, 2.05) is 40.6 Å². The second-order valence-corrected chi connectivity index (χ2v) is 10.6. The van der Waals surface area contributed by atoms with Crippen molar-refractivity contribution in [1.82, 2.24) is 19.8 Å². The number of aromatic nitrogens is 2. The van der Waals surface area contributed by atoms with Crippen LogP contribution in [0.15, 0.2) is 41.9 Å². The molecule has 2 N–H and O–H groups in total. The predicted octanol–water partition coefficient (Wildman–Crippen LogP) is 3.61. The summed E-state index contributed by atoms with van der Waals surface area (Å²) in [5, 5.41) is 3.19. The highest BCUT2D eigenvalue weighted by Gasteiger charge is 2.30. The number of piperazine rings is 1. The molecule has 0 saturated carbocycles. The third kappa shape index (κ3) is 5.09. The van der Waals surface area contributed by atoms with Crippen molar-refractivity contribution in [3.63, 3.8) is 0 Å². The first-order valence-electron chi connectivity index (χ1n) is 12.1. The Kier molecular flexibility index (Phi) is 7.22. The topological polar surface area (TPSA) is 95.7 Å². The van der Waals surface area contributed by atoms with Gasteiger partial charge in [0.1, 0.15) is 10.7 Å². The number of nitrogens with two attached hydrogens (primary N) is 1. The first-order valence-corrected chi connectivity index (χ1v) is 13.4. The maximum Gasteiger partial charge on any atom is 0.268 e. The SMILES string of the molecule is CN1CCC(C(=O)N2CCN(c3cnc(C(N)=O)c(-c4nc(-c5ccccc5Cl)cs4)c3)CC2)CC1. The molecule has 2 aliphatic rings. The molecule has 0 radical (unpaired) electrons. The number of primary amides is 1. The van der Waals surface area contributed by atoms with Crippen molar-refractivity contribution in [2.45, 2.75) is 12.8 Å². The van der Waals surface area contributed by atoms with Gasteiger partial charge >= 0.3 is 0 Å². The summed E-state index contributed by atoms with van der Waals surface area (Å²) in [6, 6.07) is 9.45. The molecule has 0 unspecified atom stereocenters. The second kappa shape index (κ2) is 10.5. The molecule has 188 valence electrons. The Balaban J connectivity index is 1.33. The van der Waals surface area contributed by atoms with E-state index in [9.17, 15) is 9.59 Å². The molecular weight excluding hydrogens is 496 g/mol. The van der Waals surface area contributed by atoms with E-state index in [1.165, 1.54) is 11.3 Å².